The van der Waals surface area contributed by atoms with Crippen LogP contribution >= 0.6 is 0 Å². The summed E-state index contributed by atoms with van der Waals surface area (Å²) in [5, 5.41) is 15.9. The maximum atomic E-state index is 12.7. The number of nitrogens with zero attached hydrogens (tertiary/aromatic N) is 1. The first kappa shape index (κ1) is 19.7. The lowest BCUT2D eigenvalue weighted by molar-refractivity contribution is -0.112. The highest BCUT2D eigenvalue weighted by atomic mass is 16.5. The van der Waals surface area contributed by atoms with Crippen molar-refractivity contribution in [3.05, 3.63) is 66.4 Å². The first-order valence-corrected chi connectivity index (χ1v) is 11.1. The molecule has 4 saturated carbocycles. The van der Waals surface area contributed by atoms with Gasteiger partial charge < -0.3 is 15.4 Å². The first-order chi connectivity index (χ1) is 15.1. The molecule has 0 spiro atoms. The molecule has 0 saturated heterocycles. The molecule has 0 heterocycles. The number of nitriles is 1. The van der Waals surface area contributed by atoms with Crippen molar-refractivity contribution in [2.45, 2.75) is 44.1 Å². The minimum atomic E-state index is -0.392. The fourth-order valence-corrected chi connectivity index (χ4v) is 6.09. The van der Waals surface area contributed by atoms with Gasteiger partial charge in [0.05, 0.1) is 0 Å². The number of benzene rings is 2. The molecule has 0 radical (unpaired) electrons. The van der Waals surface area contributed by atoms with Crippen LogP contribution in [0.3, 0.4) is 0 Å². The maximum absolute atomic E-state index is 12.7. The van der Waals surface area contributed by atoms with E-state index in [1.54, 1.807) is 30.5 Å². The third-order valence-corrected chi connectivity index (χ3v) is 7.02. The van der Waals surface area contributed by atoms with Crippen LogP contribution in [-0.4, -0.2) is 11.4 Å². The molecule has 0 aromatic heterocycles. The van der Waals surface area contributed by atoms with E-state index in [9.17, 15) is 10.1 Å². The van der Waals surface area contributed by atoms with Gasteiger partial charge in [-0.2, -0.15) is 5.26 Å². The number of hydrogen-bond donors (Lipinski definition) is 2. The Balaban J connectivity index is 1.21. The van der Waals surface area contributed by atoms with E-state index in [-0.39, 0.29) is 11.1 Å². The van der Waals surface area contributed by atoms with E-state index in [1.807, 2.05) is 30.3 Å². The second-order valence-corrected chi connectivity index (χ2v) is 9.41. The van der Waals surface area contributed by atoms with E-state index in [4.69, 9.17) is 4.74 Å². The van der Waals surface area contributed by atoms with Gasteiger partial charge in [0.2, 0.25) is 0 Å². The molecule has 6 rings (SSSR count). The van der Waals surface area contributed by atoms with E-state index in [0.29, 0.717) is 11.4 Å². The van der Waals surface area contributed by atoms with Crippen LogP contribution in [0.2, 0.25) is 0 Å². The summed E-state index contributed by atoms with van der Waals surface area (Å²) in [6.07, 6.45) is 9.23. The van der Waals surface area contributed by atoms with Crippen LogP contribution in [0, 0.1) is 29.1 Å². The highest BCUT2D eigenvalue weighted by Gasteiger charge is 2.50. The molecule has 2 N–H and O–H groups in total. The van der Waals surface area contributed by atoms with E-state index in [0.717, 1.165) is 23.5 Å². The van der Waals surface area contributed by atoms with E-state index in [2.05, 4.69) is 16.7 Å². The SMILES string of the molecule is N#C/C(=C/NC12CC3CC(CC(C3)C1)C2)C(=O)Nc1ccc(Oc2ccccc2)cc1. The number of carbonyl (C=O) groups is 1. The van der Waals surface area contributed by atoms with Gasteiger partial charge in [0.15, 0.2) is 0 Å². The third kappa shape index (κ3) is 4.29. The maximum Gasteiger partial charge on any atom is 0.267 e. The molecule has 5 heteroatoms. The molecule has 158 valence electrons. The average Bonchev–Trinajstić information content (AvgIpc) is 2.75. The number of hydrogen-bond acceptors (Lipinski definition) is 4. The van der Waals surface area contributed by atoms with Gasteiger partial charge in [-0.3, -0.25) is 4.79 Å². The zero-order valence-electron chi connectivity index (χ0n) is 17.5. The van der Waals surface area contributed by atoms with Crippen LogP contribution in [0.1, 0.15) is 38.5 Å². The van der Waals surface area contributed by atoms with Gasteiger partial charge >= 0.3 is 0 Å². The lowest BCUT2D eigenvalue weighted by Crippen LogP contribution is -2.57. The summed E-state index contributed by atoms with van der Waals surface area (Å²) in [5.74, 6) is 3.47. The molecule has 2 aromatic rings. The second-order valence-electron chi connectivity index (χ2n) is 9.41. The lowest BCUT2D eigenvalue weighted by Gasteiger charge is -2.56. The molecule has 4 aliphatic carbocycles. The van der Waals surface area contributed by atoms with Gasteiger partial charge in [-0.15, -0.1) is 0 Å². The quantitative estimate of drug-likeness (QED) is 0.492. The largest absolute Gasteiger partial charge is 0.457 e. The topological polar surface area (TPSA) is 74.2 Å². The third-order valence-electron chi connectivity index (χ3n) is 7.02. The molecule has 0 atom stereocenters. The Kier molecular flexibility index (Phi) is 5.15. The Morgan fingerprint density at radius 3 is 2.10 bits per heavy atom. The van der Waals surface area contributed by atoms with E-state index < -0.39 is 5.91 Å². The molecule has 31 heavy (non-hydrogen) atoms. The van der Waals surface area contributed by atoms with Crippen molar-refractivity contribution in [3.8, 4) is 17.6 Å². The van der Waals surface area contributed by atoms with Crippen molar-refractivity contribution in [2.75, 3.05) is 5.32 Å². The molecule has 2 aromatic carbocycles. The summed E-state index contributed by atoms with van der Waals surface area (Å²) in [4.78, 5) is 12.7. The number of ether oxygens (including phenoxy) is 1. The second kappa shape index (κ2) is 8.11. The first-order valence-electron chi connectivity index (χ1n) is 11.1. The van der Waals surface area contributed by atoms with Crippen molar-refractivity contribution in [2.24, 2.45) is 17.8 Å². The van der Waals surface area contributed by atoms with Gasteiger partial charge in [-0.05, 0) is 92.7 Å². The Morgan fingerprint density at radius 1 is 0.935 bits per heavy atom. The summed E-state index contributed by atoms with van der Waals surface area (Å²) >= 11 is 0. The zero-order valence-corrected chi connectivity index (χ0v) is 17.5. The summed E-state index contributed by atoms with van der Waals surface area (Å²) in [5.41, 5.74) is 0.815. The fourth-order valence-electron chi connectivity index (χ4n) is 6.09. The normalized spacial score (nSPS) is 28.6. The molecule has 0 aliphatic heterocycles. The monoisotopic (exact) mass is 413 g/mol. The Hall–Kier alpha value is -3.26. The average molecular weight is 414 g/mol. The summed E-state index contributed by atoms with van der Waals surface area (Å²) in [6, 6.07) is 18.7. The molecule has 0 unspecified atom stereocenters. The van der Waals surface area contributed by atoms with Gasteiger partial charge in [-0.25, -0.2) is 0 Å². The van der Waals surface area contributed by atoms with Crippen LogP contribution in [-0.2, 0) is 4.79 Å². The van der Waals surface area contributed by atoms with Crippen molar-refractivity contribution >= 4 is 11.6 Å². The van der Waals surface area contributed by atoms with Crippen molar-refractivity contribution in [3.63, 3.8) is 0 Å². The highest BCUT2D eigenvalue weighted by Crippen LogP contribution is 2.55. The number of rotatable bonds is 6. The predicted octanol–water partition coefficient (Wildman–Crippen LogP) is 5.38. The van der Waals surface area contributed by atoms with Gasteiger partial charge in [0.25, 0.3) is 5.91 Å². The Bertz CT molecular complexity index is 986. The van der Waals surface area contributed by atoms with Crippen LogP contribution in [0.25, 0.3) is 0 Å². The molecular formula is C26H27N3O2. The molecule has 4 bridgehead atoms. The fraction of sp³-hybridized carbons (Fsp3) is 0.385. The summed E-state index contributed by atoms with van der Waals surface area (Å²) < 4.78 is 5.78. The van der Waals surface area contributed by atoms with Gasteiger partial charge in [0, 0.05) is 17.4 Å². The highest BCUT2D eigenvalue weighted by molar-refractivity contribution is 6.06. The number of amides is 1. The molecule has 5 nitrogen and oxygen atoms in total. The van der Waals surface area contributed by atoms with Crippen LogP contribution < -0.4 is 15.4 Å². The van der Waals surface area contributed by atoms with Crippen LogP contribution in [0.15, 0.2) is 66.4 Å². The number of para-hydroxylation sites is 1. The molecular weight excluding hydrogens is 386 g/mol. The zero-order chi connectivity index (χ0) is 21.3. The van der Waals surface area contributed by atoms with Crippen molar-refractivity contribution < 1.29 is 9.53 Å². The van der Waals surface area contributed by atoms with E-state index >= 15 is 0 Å². The van der Waals surface area contributed by atoms with Crippen LogP contribution in [0.5, 0.6) is 11.5 Å². The predicted molar refractivity (Wildman–Crippen MR) is 119 cm³/mol. The van der Waals surface area contributed by atoms with Gasteiger partial charge in [0.1, 0.15) is 23.1 Å². The van der Waals surface area contributed by atoms with Crippen molar-refractivity contribution in [1.82, 2.24) is 5.32 Å². The van der Waals surface area contributed by atoms with Gasteiger partial charge in [-0.1, -0.05) is 18.2 Å². The minimum Gasteiger partial charge on any atom is -0.457 e. The smallest absolute Gasteiger partial charge is 0.267 e. The number of carbonyl (C=O) groups excluding carboxylic acids is 1. The Labute approximate surface area is 183 Å². The standard InChI is InChI=1S/C26H27N3O2/c27-16-21(17-28-26-13-18-10-19(14-26)12-20(11-18)15-26)25(30)29-22-6-8-24(9-7-22)31-23-4-2-1-3-5-23/h1-9,17-20,28H,10-15H2,(H,29,30)/b21-17-. The van der Waals surface area contributed by atoms with Crippen LogP contribution in [0.4, 0.5) is 5.69 Å². The summed E-state index contributed by atoms with van der Waals surface area (Å²) in [6.45, 7) is 0. The summed E-state index contributed by atoms with van der Waals surface area (Å²) in [7, 11) is 0. The molecule has 1 amide bonds. The number of anilines is 1. The lowest BCUT2D eigenvalue weighted by atomic mass is 9.53. The van der Waals surface area contributed by atoms with E-state index in [1.165, 1.54) is 38.5 Å². The molecule has 4 aliphatic rings. The molecule has 4 fully saturated rings. The minimum absolute atomic E-state index is 0.0769. The Morgan fingerprint density at radius 2 is 1.52 bits per heavy atom. The number of nitrogens with one attached hydrogen (secondary N) is 2. The van der Waals surface area contributed by atoms with Crippen molar-refractivity contribution in [1.29, 1.82) is 5.26 Å².